The van der Waals surface area contributed by atoms with Gasteiger partial charge in [-0.2, -0.15) is 0 Å². The van der Waals surface area contributed by atoms with E-state index in [9.17, 15) is 9.59 Å². The Labute approximate surface area is 98.8 Å². The van der Waals surface area contributed by atoms with E-state index in [1.54, 1.807) is 0 Å². The predicted octanol–water partition coefficient (Wildman–Crippen LogP) is 1.60. The topological polar surface area (TPSA) is 37.4 Å². The van der Waals surface area contributed by atoms with Crippen LogP contribution in [0.25, 0.3) is 0 Å². The second kappa shape index (κ2) is 4.70. The van der Waals surface area contributed by atoms with Crippen LogP contribution in [0.5, 0.6) is 0 Å². The Balaban J connectivity index is 2.10. The molecule has 1 aliphatic rings. The van der Waals surface area contributed by atoms with Gasteiger partial charge in [-0.15, -0.1) is 11.8 Å². The zero-order valence-electron chi connectivity index (χ0n) is 9.10. The molecule has 0 bridgehead atoms. The highest BCUT2D eigenvalue weighted by Crippen LogP contribution is 2.15. The number of benzene rings is 1. The number of rotatable bonds is 2. The summed E-state index contributed by atoms with van der Waals surface area (Å²) in [5, 5.41) is 0. The Morgan fingerprint density at radius 1 is 1.12 bits per heavy atom. The Bertz CT molecular complexity index is 398. The quantitative estimate of drug-likeness (QED) is 0.731. The summed E-state index contributed by atoms with van der Waals surface area (Å²) >= 11 is 1.39. The molecule has 16 heavy (non-hydrogen) atoms. The van der Waals surface area contributed by atoms with Gasteiger partial charge in [0, 0.05) is 0 Å². The minimum Gasteiger partial charge on any atom is -0.277 e. The van der Waals surface area contributed by atoms with Crippen molar-refractivity contribution >= 4 is 23.6 Å². The van der Waals surface area contributed by atoms with Gasteiger partial charge < -0.3 is 0 Å². The first-order valence-corrected chi connectivity index (χ1v) is 6.29. The van der Waals surface area contributed by atoms with Crippen LogP contribution in [0.4, 0.5) is 0 Å². The van der Waals surface area contributed by atoms with Gasteiger partial charge in [-0.1, -0.05) is 29.8 Å². The third-order valence-electron chi connectivity index (χ3n) is 2.51. The maximum absolute atomic E-state index is 11.6. The average molecular weight is 235 g/mol. The minimum absolute atomic E-state index is 0.0816. The molecular formula is C12H13NO2S. The SMILES string of the molecule is Cc1ccc(CN2C(=O)CSCC2=O)cc1. The summed E-state index contributed by atoms with van der Waals surface area (Å²) in [7, 11) is 0. The van der Waals surface area contributed by atoms with Crippen LogP contribution in [-0.4, -0.2) is 28.2 Å². The zero-order chi connectivity index (χ0) is 11.5. The molecule has 2 amide bonds. The molecule has 0 aliphatic carbocycles. The number of carbonyl (C=O) groups is 2. The van der Waals surface area contributed by atoms with E-state index in [1.165, 1.54) is 22.2 Å². The Morgan fingerprint density at radius 3 is 2.25 bits per heavy atom. The van der Waals surface area contributed by atoms with Crippen molar-refractivity contribution < 1.29 is 9.59 Å². The highest BCUT2D eigenvalue weighted by Gasteiger charge is 2.25. The largest absolute Gasteiger partial charge is 0.277 e. The van der Waals surface area contributed by atoms with E-state index < -0.39 is 0 Å². The van der Waals surface area contributed by atoms with Crippen molar-refractivity contribution in [1.29, 1.82) is 0 Å². The van der Waals surface area contributed by atoms with Crippen LogP contribution >= 0.6 is 11.8 Å². The van der Waals surface area contributed by atoms with Crippen LogP contribution < -0.4 is 0 Å². The van der Waals surface area contributed by atoms with E-state index in [2.05, 4.69) is 0 Å². The molecule has 1 aliphatic heterocycles. The Kier molecular flexibility index (Phi) is 3.29. The van der Waals surface area contributed by atoms with Crippen molar-refractivity contribution in [3.63, 3.8) is 0 Å². The van der Waals surface area contributed by atoms with Crippen molar-refractivity contribution in [3.8, 4) is 0 Å². The first-order chi connectivity index (χ1) is 7.66. The smallest absolute Gasteiger partial charge is 0.239 e. The molecule has 1 aromatic rings. The number of thioether (sulfide) groups is 1. The molecule has 0 radical (unpaired) electrons. The van der Waals surface area contributed by atoms with Gasteiger partial charge in [0.1, 0.15) is 0 Å². The molecule has 1 heterocycles. The second-order valence-electron chi connectivity index (χ2n) is 3.85. The fourth-order valence-electron chi connectivity index (χ4n) is 1.57. The normalized spacial score (nSPS) is 16.7. The molecule has 1 fully saturated rings. The van der Waals surface area contributed by atoms with Crippen molar-refractivity contribution in [2.75, 3.05) is 11.5 Å². The number of amides is 2. The van der Waals surface area contributed by atoms with Gasteiger partial charge >= 0.3 is 0 Å². The molecule has 0 aromatic heterocycles. The van der Waals surface area contributed by atoms with Crippen LogP contribution in [0, 0.1) is 6.92 Å². The number of nitrogens with zero attached hydrogens (tertiary/aromatic N) is 1. The van der Waals surface area contributed by atoms with E-state index in [0.29, 0.717) is 18.1 Å². The number of aryl methyl sites for hydroxylation is 1. The highest BCUT2D eigenvalue weighted by atomic mass is 32.2. The molecule has 0 spiro atoms. The van der Waals surface area contributed by atoms with Crippen LogP contribution in [-0.2, 0) is 16.1 Å². The van der Waals surface area contributed by atoms with Crippen molar-refractivity contribution in [2.24, 2.45) is 0 Å². The maximum atomic E-state index is 11.6. The molecule has 4 heteroatoms. The molecule has 1 saturated heterocycles. The van der Waals surface area contributed by atoms with Crippen molar-refractivity contribution in [2.45, 2.75) is 13.5 Å². The summed E-state index contributed by atoms with van der Waals surface area (Å²) in [6, 6.07) is 7.89. The van der Waals surface area contributed by atoms with E-state index in [0.717, 1.165) is 5.56 Å². The summed E-state index contributed by atoms with van der Waals surface area (Å²) in [6.07, 6.45) is 0. The van der Waals surface area contributed by atoms with Crippen LogP contribution in [0.3, 0.4) is 0 Å². The van der Waals surface area contributed by atoms with E-state index in [1.807, 2.05) is 31.2 Å². The standard InChI is InChI=1S/C12H13NO2S/c1-9-2-4-10(5-3-9)6-13-11(14)7-16-8-12(13)15/h2-5H,6-8H2,1H3. The molecule has 84 valence electrons. The van der Waals surface area contributed by atoms with Gasteiger partial charge in [-0.25, -0.2) is 0 Å². The number of imide groups is 1. The average Bonchev–Trinajstić information content (AvgIpc) is 2.26. The molecular weight excluding hydrogens is 222 g/mol. The Morgan fingerprint density at radius 2 is 1.69 bits per heavy atom. The molecule has 0 saturated carbocycles. The lowest BCUT2D eigenvalue weighted by Crippen LogP contribution is -2.42. The molecule has 0 atom stereocenters. The van der Waals surface area contributed by atoms with E-state index in [-0.39, 0.29) is 11.8 Å². The molecule has 3 nitrogen and oxygen atoms in total. The fourth-order valence-corrected chi connectivity index (χ4v) is 2.34. The summed E-state index contributed by atoms with van der Waals surface area (Å²) in [5.74, 6) is 0.665. The monoisotopic (exact) mass is 235 g/mol. The van der Waals surface area contributed by atoms with Gasteiger partial charge in [-0.05, 0) is 12.5 Å². The lowest BCUT2D eigenvalue weighted by atomic mass is 10.1. The summed E-state index contributed by atoms with van der Waals surface area (Å²) < 4.78 is 0. The Hall–Kier alpha value is -1.29. The van der Waals surface area contributed by atoms with Crippen LogP contribution in [0.1, 0.15) is 11.1 Å². The predicted molar refractivity (Wildman–Crippen MR) is 64.1 cm³/mol. The minimum atomic E-state index is -0.0816. The van der Waals surface area contributed by atoms with Gasteiger partial charge in [0.05, 0.1) is 18.1 Å². The van der Waals surface area contributed by atoms with E-state index in [4.69, 9.17) is 0 Å². The van der Waals surface area contributed by atoms with Gasteiger partial charge in [0.15, 0.2) is 0 Å². The molecule has 0 unspecified atom stereocenters. The fraction of sp³-hybridized carbons (Fsp3) is 0.333. The summed E-state index contributed by atoms with van der Waals surface area (Å²) in [6.45, 7) is 2.41. The van der Waals surface area contributed by atoms with Gasteiger partial charge in [0.2, 0.25) is 11.8 Å². The molecule has 1 aromatic carbocycles. The molecule has 0 N–H and O–H groups in total. The van der Waals surface area contributed by atoms with Crippen LogP contribution in [0.2, 0.25) is 0 Å². The molecule has 2 rings (SSSR count). The summed E-state index contributed by atoms with van der Waals surface area (Å²) in [5.41, 5.74) is 2.18. The van der Waals surface area contributed by atoms with Crippen LogP contribution in [0.15, 0.2) is 24.3 Å². The third kappa shape index (κ3) is 2.44. The summed E-state index contributed by atoms with van der Waals surface area (Å²) in [4.78, 5) is 24.5. The highest BCUT2D eigenvalue weighted by molar-refractivity contribution is 8.00. The number of hydrogen-bond acceptors (Lipinski definition) is 3. The van der Waals surface area contributed by atoms with Crippen molar-refractivity contribution in [1.82, 2.24) is 4.90 Å². The zero-order valence-corrected chi connectivity index (χ0v) is 9.92. The number of carbonyl (C=O) groups excluding carboxylic acids is 2. The maximum Gasteiger partial charge on any atom is 0.239 e. The second-order valence-corrected chi connectivity index (χ2v) is 4.84. The first-order valence-electron chi connectivity index (χ1n) is 5.13. The first kappa shape index (κ1) is 11.2. The third-order valence-corrected chi connectivity index (χ3v) is 3.42. The number of hydrogen-bond donors (Lipinski definition) is 0. The lowest BCUT2D eigenvalue weighted by Gasteiger charge is -2.24. The lowest BCUT2D eigenvalue weighted by molar-refractivity contribution is -0.142. The van der Waals surface area contributed by atoms with Gasteiger partial charge in [0.25, 0.3) is 0 Å². The van der Waals surface area contributed by atoms with Gasteiger partial charge in [-0.3, -0.25) is 14.5 Å². The van der Waals surface area contributed by atoms with Crippen molar-refractivity contribution in [3.05, 3.63) is 35.4 Å². The van der Waals surface area contributed by atoms with E-state index >= 15 is 0 Å².